The number of morpholine rings is 1. The van der Waals surface area contributed by atoms with Crippen LogP contribution >= 0.6 is 0 Å². The minimum atomic E-state index is 0.337. The largest absolute Gasteiger partial charge is 0.370 e. The van der Waals surface area contributed by atoms with Crippen molar-refractivity contribution in [2.75, 3.05) is 39.4 Å². The van der Waals surface area contributed by atoms with Gasteiger partial charge in [0.1, 0.15) is 13.1 Å². The molecule has 0 aromatic carbocycles. The molecule has 0 aromatic heterocycles. The van der Waals surface area contributed by atoms with Crippen molar-refractivity contribution in [3.8, 4) is 0 Å². The number of amides is 1. The molecule has 2 saturated carbocycles. The third kappa shape index (κ3) is 3.29. The lowest BCUT2D eigenvalue weighted by Crippen LogP contribution is -3.14. The van der Waals surface area contributed by atoms with E-state index in [1.807, 2.05) is 0 Å². The summed E-state index contributed by atoms with van der Waals surface area (Å²) in [6.07, 6.45) is 6.23. The van der Waals surface area contributed by atoms with Crippen LogP contribution in [0.15, 0.2) is 0 Å². The summed E-state index contributed by atoms with van der Waals surface area (Å²) in [7, 11) is 0. The molecular weight excluding hydrogens is 240 g/mol. The van der Waals surface area contributed by atoms with Crippen molar-refractivity contribution in [2.24, 2.45) is 17.8 Å². The summed E-state index contributed by atoms with van der Waals surface area (Å²) in [6, 6.07) is 0. The van der Waals surface area contributed by atoms with Gasteiger partial charge in [0.05, 0.1) is 19.8 Å². The van der Waals surface area contributed by atoms with Gasteiger partial charge in [0, 0.05) is 18.9 Å². The molecule has 0 aromatic rings. The Bertz CT molecular complexity index is 315. The number of quaternary nitrogens is 1. The molecule has 1 aliphatic heterocycles. The van der Waals surface area contributed by atoms with E-state index in [-0.39, 0.29) is 0 Å². The molecule has 3 fully saturated rings. The minimum absolute atomic E-state index is 0.337. The first-order chi connectivity index (χ1) is 9.33. The van der Waals surface area contributed by atoms with Gasteiger partial charge in [0.25, 0.3) is 0 Å². The zero-order valence-corrected chi connectivity index (χ0v) is 11.8. The second-order valence-electron chi connectivity index (χ2n) is 6.54. The highest BCUT2D eigenvalue weighted by Crippen LogP contribution is 2.48. The Morgan fingerprint density at radius 1 is 1.21 bits per heavy atom. The molecule has 2 bridgehead atoms. The number of carbonyl (C=O) groups is 1. The van der Waals surface area contributed by atoms with Gasteiger partial charge in [-0.1, -0.05) is 6.42 Å². The lowest BCUT2D eigenvalue weighted by atomic mass is 9.88. The molecule has 3 atom stereocenters. The molecule has 1 saturated heterocycles. The van der Waals surface area contributed by atoms with Gasteiger partial charge in [0.15, 0.2) is 0 Å². The normalized spacial score (nSPS) is 34.6. The first-order valence-corrected chi connectivity index (χ1v) is 8.02. The Hall–Kier alpha value is -0.610. The first-order valence-electron chi connectivity index (χ1n) is 8.02. The van der Waals surface area contributed by atoms with E-state index >= 15 is 0 Å². The lowest BCUT2D eigenvalue weighted by molar-refractivity contribution is -0.908. The molecule has 2 N–H and O–H groups in total. The zero-order valence-electron chi connectivity index (χ0n) is 11.8. The van der Waals surface area contributed by atoms with Crippen LogP contribution in [-0.2, 0) is 9.53 Å². The van der Waals surface area contributed by atoms with Crippen LogP contribution in [0.2, 0.25) is 0 Å². The summed E-state index contributed by atoms with van der Waals surface area (Å²) in [5, 5.41) is 3.17. The molecule has 0 radical (unpaired) electrons. The van der Waals surface area contributed by atoms with E-state index in [4.69, 9.17) is 4.74 Å². The van der Waals surface area contributed by atoms with Crippen molar-refractivity contribution in [2.45, 2.75) is 32.1 Å². The molecule has 2 aliphatic carbocycles. The van der Waals surface area contributed by atoms with Gasteiger partial charge in [-0.15, -0.1) is 0 Å². The average Bonchev–Trinajstić information content (AvgIpc) is 3.07. The summed E-state index contributed by atoms with van der Waals surface area (Å²) in [4.78, 5) is 13.8. The van der Waals surface area contributed by atoms with Crippen molar-refractivity contribution < 1.29 is 14.4 Å². The highest BCUT2D eigenvalue weighted by molar-refractivity contribution is 5.79. The minimum Gasteiger partial charge on any atom is -0.370 e. The summed E-state index contributed by atoms with van der Waals surface area (Å²) in [5.74, 6) is 2.24. The number of ether oxygens (including phenoxy) is 1. The van der Waals surface area contributed by atoms with Crippen molar-refractivity contribution in [1.29, 1.82) is 0 Å². The smallest absolute Gasteiger partial charge is 0.223 e. The number of hydrogen-bond donors (Lipinski definition) is 2. The molecule has 4 heteroatoms. The average molecular weight is 267 g/mol. The quantitative estimate of drug-likeness (QED) is 0.680. The van der Waals surface area contributed by atoms with Gasteiger partial charge in [-0.2, -0.15) is 0 Å². The molecule has 3 rings (SSSR count). The number of nitrogens with one attached hydrogen (secondary N) is 2. The maximum atomic E-state index is 12.1. The number of hydrogen-bond acceptors (Lipinski definition) is 2. The fourth-order valence-electron chi connectivity index (χ4n) is 4.16. The fraction of sp³-hybridized carbons (Fsp3) is 0.933. The van der Waals surface area contributed by atoms with Gasteiger partial charge in [-0.05, 0) is 31.1 Å². The van der Waals surface area contributed by atoms with E-state index in [0.717, 1.165) is 51.6 Å². The molecule has 1 heterocycles. The molecule has 4 nitrogen and oxygen atoms in total. The summed E-state index contributed by atoms with van der Waals surface area (Å²) < 4.78 is 5.35. The number of carbonyl (C=O) groups excluding carboxylic acids is 1. The summed E-state index contributed by atoms with van der Waals surface area (Å²) >= 11 is 0. The second kappa shape index (κ2) is 6.23. The van der Waals surface area contributed by atoms with Gasteiger partial charge >= 0.3 is 0 Å². The fourth-order valence-corrected chi connectivity index (χ4v) is 4.16. The van der Waals surface area contributed by atoms with Gasteiger partial charge in [-0.3, -0.25) is 4.79 Å². The second-order valence-corrected chi connectivity index (χ2v) is 6.54. The topological polar surface area (TPSA) is 42.8 Å². The summed E-state index contributed by atoms with van der Waals surface area (Å²) in [5.41, 5.74) is 0. The van der Waals surface area contributed by atoms with Crippen molar-refractivity contribution in [1.82, 2.24) is 5.32 Å². The van der Waals surface area contributed by atoms with Crippen LogP contribution in [0.3, 0.4) is 0 Å². The lowest BCUT2D eigenvalue weighted by Gasteiger charge is -2.24. The van der Waals surface area contributed by atoms with Crippen LogP contribution in [0.1, 0.15) is 32.1 Å². The Balaban J connectivity index is 1.30. The molecule has 0 spiro atoms. The molecule has 3 aliphatic rings. The Morgan fingerprint density at radius 3 is 2.74 bits per heavy atom. The van der Waals surface area contributed by atoms with Gasteiger partial charge < -0.3 is 15.0 Å². The molecule has 19 heavy (non-hydrogen) atoms. The van der Waals surface area contributed by atoms with E-state index in [9.17, 15) is 4.79 Å². The van der Waals surface area contributed by atoms with Gasteiger partial charge in [0.2, 0.25) is 5.91 Å². The standard InChI is InChI=1S/C15H26N2O2/c18-15(14-11-12-2-3-13(14)10-12)16-4-1-5-17-6-8-19-9-7-17/h12-14H,1-11H2,(H,16,18)/p+1/t12-,13+,14-/m0/s1. The van der Waals surface area contributed by atoms with Crippen LogP contribution in [0.25, 0.3) is 0 Å². The highest BCUT2D eigenvalue weighted by atomic mass is 16.5. The van der Waals surface area contributed by atoms with Crippen LogP contribution in [-0.4, -0.2) is 45.3 Å². The predicted octanol–water partition coefficient (Wildman–Crippen LogP) is -0.156. The number of fused-ring (bicyclic) bond motifs is 2. The van der Waals surface area contributed by atoms with Gasteiger partial charge in [-0.25, -0.2) is 0 Å². The van der Waals surface area contributed by atoms with E-state index in [2.05, 4.69) is 5.32 Å². The first kappa shape index (κ1) is 13.4. The molecular formula is C15H27N2O2+. The number of rotatable bonds is 5. The Kier molecular flexibility index (Phi) is 4.38. The Labute approximate surface area is 115 Å². The predicted molar refractivity (Wildman–Crippen MR) is 72.9 cm³/mol. The van der Waals surface area contributed by atoms with E-state index in [0.29, 0.717) is 17.7 Å². The monoisotopic (exact) mass is 267 g/mol. The third-order valence-electron chi connectivity index (χ3n) is 5.28. The van der Waals surface area contributed by atoms with E-state index < -0.39 is 0 Å². The molecule has 0 unspecified atom stereocenters. The zero-order chi connectivity index (χ0) is 13.1. The van der Waals surface area contributed by atoms with Crippen LogP contribution in [0.5, 0.6) is 0 Å². The van der Waals surface area contributed by atoms with Crippen LogP contribution in [0, 0.1) is 17.8 Å². The third-order valence-corrected chi connectivity index (χ3v) is 5.28. The highest BCUT2D eigenvalue weighted by Gasteiger charge is 2.42. The molecule has 108 valence electrons. The maximum Gasteiger partial charge on any atom is 0.223 e. The van der Waals surface area contributed by atoms with Crippen molar-refractivity contribution >= 4 is 5.91 Å². The van der Waals surface area contributed by atoms with E-state index in [1.54, 1.807) is 4.90 Å². The SMILES string of the molecule is O=C(NCCC[NH+]1CCOCC1)[C@H]1C[C@H]2CC[C@@H]1C2. The maximum absolute atomic E-state index is 12.1. The van der Waals surface area contributed by atoms with E-state index in [1.165, 1.54) is 25.8 Å². The van der Waals surface area contributed by atoms with Crippen molar-refractivity contribution in [3.63, 3.8) is 0 Å². The summed E-state index contributed by atoms with van der Waals surface area (Å²) in [6.45, 7) is 6.07. The van der Waals surface area contributed by atoms with Crippen LogP contribution < -0.4 is 10.2 Å². The molecule has 1 amide bonds. The van der Waals surface area contributed by atoms with Crippen molar-refractivity contribution in [3.05, 3.63) is 0 Å². The van der Waals surface area contributed by atoms with Crippen LogP contribution in [0.4, 0.5) is 0 Å². The Morgan fingerprint density at radius 2 is 2.05 bits per heavy atom.